The van der Waals surface area contributed by atoms with Crippen molar-refractivity contribution in [1.82, 2.24) is 9.78 Å². The number of nitrogens with zero attached hydrogens (tertiary/aromatic N) is 2. The Labute approximate surface area is 144 Å². The quantitative estimate of drug-likeness (QED) is 0.869. The van der Waals surface area contributed by atoms with Crippen LogP contribution in [0, 0.1) is 0 Å². The van der Waals surface area contributed by atoms with Gasteiger partial charge >= 0.3 is 0 Å². The molecule has 128 valence electrons. The molecule has 1 aromatic carbocycles. The van der Waals surface area contributed by atoms with Gasteiger partial charge in [0.15, 0.2) is 9.84 Å². The van der Waals surface area contributed by atoms with E-state index in [1.54, 1.807) is 31.2 Å². The molecule has 0 atom stereocenters. The third-order valence-corrected chi connectivity index (χ3v) is 5.21. The molecular formula is C15H16ClN3O4S. The van der Waals surface area contributed by atoms with Crippen LogP contribution in [0.4, 0.5) is 5.82 Å². The smallest absolute Gasteiger partial charge is 0.251 e. The van der Waals surface area contributed by atoms with Crippen molar-refractivity contribution in [2.24, 2.45) is 0 Å². The number of benzene rings is 1. The van der Waals surface area contributed by atoms with Gasteiger partial charge in [0.05, 0.1) is 22.9 Å². The van der Waals surface area contributed by atoms with E-state index in [9.17, 15) is 13.2 Å². The maximum absolute atomic E-state index is 12.0. The fourth-order valence-corrected chi connectivity index (χ4v) is 4.21. The molecule has 1 N–H and O–H groups in total. The minimum absolute atomic E-state index is 0.112. The highest BCUT2D eigenvalue weighted by molar-refractivity contribution is 7.90. The first-order valence-corrected chi connectivity index (χ1v) is 9.54. The van der Waals surface area contributed by atoms with Crippen molar-refractivity contribution in [3.8, 4) is 5.69 Å². The molecule has 0 radical (unpaired) electrons. The number of fused-ring (bicyclic) bond motifs is 1. The zero-order chi connectivity index (χ0) is 17.3. The number of ether oxygens (including phenoxy) is 1. The van der Waals surface area contributed by atoms with Crippen molar-refractivity contribution in [3.05, 3.63) is 40.5 Å². The van der Waals surface area contributed by atoms with E-state index in [0.717, 1.165) is 0 Å². The second kappa shape index (κ2) is 6.54. The Morgan fingerprint density at radius 2 is 2.21 bits per heavy atom. The minimum atomic E-state index is -3.23. The fraction of sp³-hybridized carbons (Fsp3) is 0.333. The van der Waals surface area contributed by atoms with Crippen LogP contribution in [0.5, 0.6) is 0 Å². The molecule has 1 aliphatic rings. The molecule has 1 amide bonds. The molecule has 24 heavy (non-hydrogen) atoms. The van der Waals surface area contributed by atoms with Gasteiger partial charge in [-0.1, -0.05) is 17.7 Å². The first-order valence-electron chi connectivity index (χ1n) is 7.34. The van der Waals surface area contributed by atoms with Gasteiger partial charge in [-0.05, 0) is 25.1 Å². The van der Waals surface area contributed by atoms with Gasteiger partial charge in [0.1, 0.15) is 12.4 Å². The Hall–Kier alpha value is -1.90. The molecule has 0 aliphatic carbocycles. The number of carbonyl (C=O) groups is 1. The number of amides is 1. The summed E-state index contributed by atoms with van der Waals surface area (Å²) in [6.45, 7) is 2.08. The van der Waals surface area contributed by atoms with Crippen LogP contribution in [0.3, 0.4) is 0 Å². The van der Waals surface area contributed by atoms with E-state index in [1.807, 2.05) is 0 Å². The zero-order valence-electron chi connectivity index (χ0n) is 13.0. The van der Waals surface area contributed by atoms with E-state index >= 15 is 0 Å². The van der Waals surface area contributed by atoms with Gasteiger partial charge in [-0.2, -0.15) is 5.10 Å². The van der Waals surface area contributed by atoms with Crippen molar-refractivity contribution in [3.63, 3.8) is 0 Å². The zero-order valence-corrected chi connectivity index (χ0v) is 14.5. The number of nitrogens with one attached hydrogen (secondary N) is 1. The maximum Gasteiger partial charge on any atom is 0.251 e. The monoisotopic (exact) mass is 369 g/mol. The number of sulfone groups is 1. The third kappa shape index (κ3) is 3.45. The first kappa shape index (κ1) is 16.9. The van der Waals surface area contributed by atoms with Crippen LogP contribution in [0.25, 0.3) is 5.69 Å². The summed E-state index contributed by atoms with van der Waals surface area (Å²) >= 11 is 6.02. The largest absolute Gasteiger partial charge is 0.372 e. The maximum atomic E-state index is 12.0. The van der Waals surface area contributed by atoms with Gasteiger partial charge in [0, 0.05) is 17.2 Å². The lowest BCUT2D eigenvalue weighted by Gasteiger charge is -2.11. The van der Waals surface area contributed by atoms with Crippen LogP contribution >= 0.6 is 11.6 Å². The molecule has 0 unspecified atom stereocenters. The average molecular weight is 370 g/mol. The van der Waals surface area contributed by atoms with E-state index < -0.39 is 9.84 Å². The molecule has 7 nitrogen and oxygen atoms in total. The summed E-state index contributed by atoms with van der Waals surface area (Å²) in [5, 5.41) is 7.58. The predicted octanol–water partition coefficient (Wildman–Crippen LogP) is 1.93. The highest BCUT2D eigenvalue weighted by Crippen LogP contribution is 2.33. The van der Waals surface area contributed by atoms with Crippen molar-refractivity contribution in [1.29, 1.82) is 0 Å². The topological polar surface area (TPSA) is 90.3 Å². The molecule has 0 bridgehead atoms. The van der Waals surface area contributed by atoms with Gasteiger partial charge in [-0.3, -0.25) is 4.79 Å². The van der Waals surface area contributed by atoms with Crippen LogP contribution in [-0.2, 0) is 30.9 Å². The van der Waals surface area contributed by atoms with Gasteiger partial charge in [0.25, 0.3) is 5.91 Å². The van der Waals surface area contributed by atoms with E-state index in [-0.39, 0.29) is 24.0 Å². The number of hydrogen-bond acceptors (Lipinski definition) is 5. The lowest BCUT2D eigenvalue weighted by Crippen LogP contribution is -2.21. The van der Waals surface area contributed by atoms with Crippen LogP contribution in [0.1, 0.15) is 18.2 Å². The molecule has 0 saturated heterocycles. The van der Waals surface area contributed by atoms with Crippen molar-refractivity contribution in [2.75, 3.05) is 18.5 Å². The highest BCUT2D eigenvalue weighted by Gasteiger charge is 2.33. The molecule has 2 heterocycles. The molecule has 2 aromatic rings. The van der Waals surface area contributed by atoms with E-state index in [2.05, 4.69) is 10.4 Å². The van der Waals surface area contributed by atoms with Crippen molar-refractivity contribution >= 4 is 33.2 Å². The van der Waals surface area contributed by atoms with Gasteiger partial charge in [0.2, 0.25) is 0 Å². The molecule has 3 rings (SSSR count). The Morgan fingerprint density at radius 1 is 1.42 bits per heavy atom. The molecule has 0 saturated carbocycles. The third-order valence-electron chi connectivity index (χ3n) is 3.54. The fourth-order valence-electron chi connectivity index (χ4n) is 2.53. The van der Waals surface area contributed by atoms with Gasteiger partial charge in [-0.25, -0.2) is 13.1 Å². The summed E-state index contributed by atoms with van der Waals surface area (Å²) in [5.41, 5.74) is 1.60. The Morgan fingerprint density at radius 3 is 2.92 bits per heavy atom. The summed E-state index contributed by atoms with van der Waals surface area (Å²) in [6, 6.07) is 6.95. The van der Waals surface area contributed by atoms with Gasteiger partial charge < -0.3 is 10.1 Å². The minimum Gasteiger partial charge on any atom is -0.372 e. The Kier molecular flexibility index (Phi) is 4.62. The van der Waals surface area contributed by atoms with Crippen molar-refractivity contribution < 1.29 is 17.9 Å². The first-order chi connectivity index (χ1) is 11.4. The van der Waals surface area contributed by atoms with Crippen molar-refractivity contribution in [2.45, 2.75) is 18.4 Å². The standard InChI is InChI=1S/C15H16ClN3O4S/c1-2-23-7-14(20)17-15-12-8-24(21,22)9-13(12)18-19(15)11-5-3-4-10(16)6-11/h3-6H,2,7-9H2,1H3,(H,17,20). The molecule has 0 fully saturated rings. The van der Waals surface area contributed by atoms with E-state index in [0.29, 0.717) is 34.4 Å². The normalized spacial score (nSPS) is 15.2. The summed E-state index contributed by atoms with van der Waals surface area (Å²) in [6.07, 6.45) is 0. The second-order valence-electron chi connectivity index (χ2n) is 5.38. The summed E-state index contributed by atoms with van der Waals surface area (Å²) in [4.78, 5) is 12.0. The summed E-state index contributed by atoms with van der Waals surface area (Å²) in [5.74, 6) is -0.303. The van der Waals surface area contributed by atoms with E-state index in [4.69, 9.17) is 16.3 Å². The lowest BCUT2D eigenvalue weighted by atomic mass is 10.2. The van der Waals surface area contributed by atoms with Gasteiger partial charge in [-0.15, -0.1) is 0 Å². The van der Waals surface area contributed by atoms with E-state index in [1.165, 1.54) is 4.68 Å². The number of halogens is 1. The average Bonchev–Trinajstić information content (AvgIpc) is 2.98. The molecule has 1 aromatic heterocycles. The van der Waals surface area contributed by atoms with Crippen LogP contribution in [0.15, 0.2) is 24.3 Å². The highest BCUT2D eigenvalue weighted by atomic mass is 35.5. The number of rotatable bonds is 5. The molecule has 0 spiro atoms. The number of aromatic nitrogens is 2. The molecule has 9 heteroatoms. The van der Waals surface area contributed by atoms with Crippen LogP contribution in [-0.4, -0.2) is 37.3 Å². The SMILES string of the molecule is CCOCC(=O)Nc1c2c(nn1-c1cccc(Cl)c1)CS(=O)(=O)C2. The predicted molar refractivity (Wildman–Crippen MR) is 90.0 cm³/mol. The number of anilines is 1. The van der Waals surface area contributed by atoms with Crippen LogP contribution < -0.4 is 5.32 Å². The second-order valence-corrected chi connectivity index (χ2v) is 7.88. The number of carbonyl (C=O) groups excluding carboxylic acids is 1. The number of hydrogen-bond donors (Lipinski definition) is 1. The summed E-state index contributed by atoms with van der Waals surface area (Å²) < 4.78 is 30.3. The van der Waals surface area contributed by atoms with Crippen LogP contribution in [0.2, 0.25) is 5.02 Å². The Balaban J connectivity index is 2.02. The lowest BCUT2D eigenvalue weighted by molar-refractivity contribution is -0.120. The molecular weight excluding hydrogens is 354 g/mol. The Bertz CT molecular complexity index is 892. The summed E-state index contributed by atoms with van der Waals surface area (Å²) in [7, 11) is -3.23. The molecule has 1 aliphatic heterocycles.